The molecule has 1 rings (SSSR count). The summed E-state index contributed by atoms with van der Waals surface area (Å²) in [6, 6.07) is 5.50. The van der Waals surface area contributed by atoms with Gasteiger partial charge in [0.15, 0.2) is 0 Å². The van der Waals surface area contributed by atoms with E-state index in [2.05, 4.69) is 32.2 Å². The zero-order chi connectivity index (χ0) is 12.2. The molecular formula is C13H17Cl2N. The van der Waals surface area contributed by atoms with Gasteiger partial charge in [-0.15, -0.1) is 0 Å². The molecule has 3 heteroatoms. The van der Waals surface area contributed by atoms with Crippen molar-refractivity contribution >= 4 is 29.3 Å². The van der Waals surface area contributed by atoms with Gasteiger partial charge in [0.25, 0.3) is 0 Å². The highest BCUT2D eigenvalue weighted by Gasteiger charge is 2.05. The van der Waals surface area contributed by atoms with Crippen LogP contribution in [0.25, 0.3) is 6.08 Å². The van der Waals surface area contributed by atoms with Gasteiger partial charge in [0.2, 0.25) is 0 Å². The Balaban J connectivity index is 2.57. The second-order valence-electron chi connectivity index (χ2n) is 4.70. The van der Waals surface area contributed by atoms with E-state index in [9.17, 15) is 0 Å². The summed E-state index contributed by atoms with van der Waals surface area (Å²) in [5, 5.41) is 4.71. The van der Waals surface area contributed by atoms with Crippen LogP contribution in [0.15, 0.2) is 24.3 Å². The van der Waals surface area contributed by atoms with Gasteiger partial charge in [0, 0.05) is 22.1 Å². The maximum atomic E-state index is 6.04. The Bertz CT molecular complexity index is 378. The van der Waals surface area contributed by atoms with Gasteiger partial charge in [-0.3, -0.25) is 0 Å². The number of halogens is 2. The second-order valence-corrected chi connectivity index (χ2v) is 5.54. The summed E-state index contributed by atoms with van der Waals surface area (Å²) in [5.74, 6) is 0. The van der Waals surface area contributed by atoms with Gasteiger partial charge in [-0.1, -0.05) is 41.4 Å². The molecule has 0 fully saturated rings. The summed E-state index contributed by atoms with van der Waals surface area (Å²) in [6.07, 6.45) is 4.05. The average molecular weight is 258 g/mol. The lowest BCUT2D eigenvalue weighted by molar-refractivity contribution is 0.450. The molecule has 1 nitrogen and oxygen atoms in total. The van der Waals surface area contributed by atoms with Crippen LogP contribution < -0.4 is 5.32 Å². The van der Waals surface area contributed by atoms with Crippen LogP contribution in [0.2, 0.25) is 10.0 Å². The van der Waals surface area contributed by atoms with Gasteiger partial charge in [0.05, 0.1) is 0 Å². The molecule has 1 aromatic carbocycles. The zero-order valence-corrected chi connectivity index (χ0v) is 11.4. The molecule has 88 valence electrons. The fraction of sp³-hybridized carbons (Fsp3) is 0.385. The third-order valence-electron chi connectivity index (χ3n) is 2.01. The maximum absolute atomic E-state index is 6.04. The molecule has 0 saturated carbocycles. The van der Waals surface area contributed by atoms with E-state index in [1.54, 1.807) is 6.07 Å². The Labute approximate surface area is 107 Å². The Morgan fingerprint density at radius 3 is 2.50 bits per heavy atom. The van der Waals surface area contributed by atoms with Crippen LogP contribution in [-0.2, 0) is 0 Å². The summed E-state index contributed by atoms with van der Waals surface area (Å²) in [7, 11) is 0. The van der Waals surface area contributed by atoms with Crippen molar-refractivity contribution in [3.05, 3.63) is 39.9 Å². The minimum absolute atomic E-state index is 0.133. The summed E-state index contributed by atoms with van der Waals surface area (Å²) in [5.41, 5.74) is 1.12. The van der Waals surface area contributed by atoms with Gasteiger partial charge in [-0.05, 0) is 38.5 Å². The van der Waals surface area contributed by atoms with Crippen molar-refractivity contribution in [3.8, 4) is 0 Å². The fourth-order valence-electron chi connectivity index (χ4n) is 1.19. The maximum Gasteiger partial charge on any atom is 0.0493 e. The molecule has 0 aliphatic heterocycles. The van der Waals surface area contributed by atoms with Crippen molar-refractivity contribution in [2.45, 2.75) is 26.3 Å². The van der Waals surface area contributed by atoms with Crippen molar-refractivity contribution in [1.29, 1.82) is 0 Å². The number of nitrogens with one attached hydrogen (secondary N) is 1. The molecule has 16 heavy (non-hydrogen) atoms. The second kappa shape index (κ2) is 5.72. The predicted molar refractivity (Wildman–Crippen MR) is 73.3 cm³/mol. The molecule has 0 atom stereocenters. The topological polar surface area (TPSA) is 12.0 Å². The smallest absolute Gasteiger partial charge is 0.0493 e. The normalized spacial score (nSPS) is 12.3. The van der Waals surface area contributed by atoms with Crippen molar-refractivity contribution in [3.63, 3.8) is 0 Å². The van der Waals surface area contributed by atoms with E-state index in [-0.39, 0.29) is 5.54 Å². The standard InChI is InChI=1S/C13H17Cl2N/c1-13(2,3)16-8-4-5-10-6-7-11(14)9-12(10)15/h4-7,9,16H,8H2,1-3H3. The van der Waals surface area contributed by atoms with Crippen molar-refractivity contribution in [2.75, 3.05) is 6.54 Å². The van der Waals surface area contributed by atoms with Gasteiger partial charge in [0.1, 0.15) is 0 Å². The molecular weight excluding hydrogens is 241 g/mol. The van der Waals surface area contributed by atoms with Crippen LogP contribution in [0.5, 0.6) is 0 Å². The Morgan fingerprint density at radius 2 is 1.94 bits per heavy atom. The first-order valence-electron chi connectivity index (χ1n) is 5.25. The molecule has 0 aromatic heterocycles. The fourth-order valence-corrected chi connectivity index (χ4v) is 1.66. The van der Waals surface area contributed by atoms with E-state index in [0.717, 1.165) is 12.1 Å². The first-order chi connectivity index (χ1) is 7.38. The molecule has 0 radical (unpaired) electrons. The molecule has 0 unspecified atom stereocenters. The summed E-state index contributed by atoms with van der Waals surface area (Å²) in [6.45, 7) is 7.23. The van der Waals surface area contributed by atoms with Crippen LogP contribution in [0, 0.1) is 0 Å². The van der Waals surface area contributed by atoms with Gasteiger partial charge < -0.3 is 5.32 Å². The summed E-state index contributed by atoms with van der Waals surface area (Å²) >= 11 is 11.9. The number of rotatable bonds is 3. The van der Waals surface area contributed by atoms with Crippen molar-refractivity contribution in [1.82, 2.24) is 5.32 Å². The molecule has 0 amide bonds. The van der Waals surface area contributed by atoms with E-state index >= 15 is 0 Å². The van der Waals surface area contributed by atoms with Crippen molar-refractivity contribution < 1.29 is 0 Å². The van der Waals surface area contributed by atoms with E-state index in [0.29, 0.717) is 10.0 Å². The van der Waals surface area contributed by atoms with E-state index in [1.165, 1.54) is 0 Å². The highest BCUT2D eigenvalue weighted by atomic mass is 35.5. The minimum Gasteiger partial charge on any atom is -0.309 e. The first-order valence-corrected chi connectivity index (χ1v) is 6.01. The van der Waals surface area contributed by atoms with E-state index in [1.807, 2.05) is 18.2 Å². The van der Waals surface area contributed by atoms with Crippen LogP contribution >= 0.6 is 23.2 Å². The van der Waals surface area contributed by atoms with Gasteiger partial charge in [-0.25, -0.2) is 0 Å². The Hall–Kier alpha value is -0.500. The molecule has 0 spiro atoms. The van der Waals surface area contributed by atoms with Crippen LogP contribution in [0.3, 0.4) is 0 Å². The van der Waals surface area contributed by atoms with Gasteiger partial charge >= 0.3 is 0 Å². The first kappa shape index (κ1) is 13.6. The zero-order valence-electron chi connectivity index (χ0n) is 9.85. The van der Waals surface area contributed by atoms with Crippen LogP contribution in [0.1, 0.15) is 26.3 Å². The Morgan fingerprint density at radius 1 is 1.25 bits per heavy atom. The lowest BCUT2D eigenvalue weighted by Crippen LogP contribution is -2.35. The van der Waals surface area contributed by atoms with Crippen molar-refractivity contribution in [2.24, 2.45) is 0 Å². The quantitative estimate of drug-likeness (QED) is 0.847. The molecule has 0 bridgehead atoms. The highest BCUT2D eigenvalue weighted by Crippen LogP contribution is 2.21. The Kier molecular flexibility index (Phi) is 4.85. The molecule has 1 N–H and O–H groups in total. The number of hydrogen-bond acceptors (Lipinski definition) is 1. The van der Waals surface area contributed by atoms with Gasteiger partial charge in [-0.2, -0.15) is 0 Å². The lowest BCUT2D eigenvalue weighted by atomic mass is 10.1. The SMILES string of the molecule is CC(C)(C)NCC=Cc1ccc(Cl)cc1Cl. The van der Waals surface area contributed by atoms with Crippen LogP contribution in [0.4, 0.5) is 0 Å². The summed E-state index contributed by atoms with van der Waals surface area (Å²) < 4.78 is 0. The monoisotopic (exact) mass is 257 g/mol. The average Bonchev–Trinajstić information content (AvgIpc) is 2.13. The van der Waals surface area contributed by atoms with Crippen LogP contribution in [-0.4, -0.2) is 12.1 Å². The molecule has 0 aliphatic carbocycles. The third kappa shape index (κ3) is 5.02. The molecule has 0 aliphatic rings. The molecule has 0 saturated heterocycles. The predicted octanol–water partition coefficient (Wildman–Crippen LogP) is 4.39. The number of hydrogen-bond donors (Lipinski definition) is 1. The lowest BCUT2D eigenvalue weighted by Gasteiger charge is -2.18. The highest BCUT2D eigenvalue weighted by molar-refractivity contribution is 6.35. The summed E-state index contributed by atoms with van der Waals surface area (Å²) in [4.78, 5) is 0. The molecule has 1 aromatic rings. The van der Waals surface area contributed by atoms with E-state index in [4.69, 9.17) is 23.2 Å². The minimum atomic E-state index is 0.133. The molecule has 0 heterocycles. The van der Waals surface area contributed by atoms with E-state index < -0.39 is 0 Å². The third-order valence-corrected chi connectivity index (χ3v) is 2.57. The largest absolute Gasteiger partial charge is 0.309 e. The number of benzene rings is 1.